The molecular weight excluding hydrogens is 316 g/mol. The van der Waals surface area contributed by atoms with E-state index in [-0.39, 0.29) is 5.91 Å². The molecular formula is C18H24N6O. The summed E-state index contributed by atoms with van der Waals surface area (Å²) in [4.78, 5) is 18.6. The van der Waals surface area contributed by atoms with E-state index in [9.17, 15) is 4.79 Å². The van der Waals surface area contributed by atoms with Crippen LogP contribution in [0, 0.1) is 0 Å². The number of carbonyl (C=O) groups is 1. The van der Waals surface area contributed by atoms with E-state index in [2.05, 4.69) is 15.2 Å². The van der Waals surface area contributed by atoms with Crippen LogP contribution in [0.1, 0.15) is 18.4 Å². The van der Waals surface area contributed by atoms with Crippen molar-refractivity contribution in [3.8, 4) is 0 Å². The lowest BCUT2D eigenvalue weighted by molar-refractivity contribution is -0.117. The van der Waals surface area contributed by atoms with Gasteiger partial charge in [-0.05, 0) is 49.0 Å². The summed E-state index contributed by atoms with van der Waals surface area (Å²) in [5.74, 6) is 6.12. The highest BCUT2D eigenvalue weighted by molar-refractivity contribution is 5.94. The zero-order chi connectivity index (χ0) is 17.8. The summed E-state index contributed by atoms with van der Waals surface area (Å²) in [6.45, 7) is 2.39. The second-order valence-corrected chi connectivity index (χ2v) is 6.41. The van der Waals surface area contributed by atoms with Gasteiger partial charge < -0.3 is 16.1 Å². The molecule has 0 spiro atoms. The molecule has 0 unspecified atom stereocenters. The summed E-state index contributed by atoms with van der Waals surface area (Å²) in [6.07, 6.45) is 5.73. The van der Waals surface area contributed by atoms with E-state index in [4.69, 9.17) is 11.6 Å². The Morgan fingerprint density at radius 2 is 2.08 bits per heavy atom. The number of pyridine rings is 1. The predicted molar refractivity (Wildman–Crippen MR) is 100 cm³/mol. The molecule has 1 aliphatic heterocycles. The molecule has 1 aromatic carbocycles. The van der Waals surface area contributed by atoms with Crippen molar-refractivity contribution in [2.24, 2.45) is 11.6 Å². The number of amides is 1. The van der Waals surface area contributed by atoms with E-state index in [0.29, 0.717) is 18.1 Å². The van der Waals surface area contributed by atoms with Gasteiger partial charge in [0.15, 0.2) is 0 Å². The summed E-state index contributed by atoms with van der Waals surface area (Å²) < 4.78 is 0. The fraction of sp³-hybridized carbons (Fsp3) is 0.333. The molecule has 0 atom stereocenters. The second-order valence-electron chi connectivity index (χ2n) is 6.41. The van der Waals surface area contributed by atoms with Crippen LogP contribution in [0.3, 0.4) is 0 Å². The van der Waals surface area contributed by atoms with Gasteiger partial charge in [-0.2, -0.15) is 0 Å². The van der Waals surface area contributed by atoms with Crippen LogP contribution in [0.2, 0.25) is 0 Å². The minimum atomic E-state index is -0.0333. The van der Waals surface area contributed by atoms with Crippen molar-refractivity contribution in [1.29, 1.82) is 0 Å². The summed E-state index contributed by atoms with van der Waals surface area (Å²) >= 11 is 0. The summed E-state index contributed by atoms with van der Waals surface area (Å²) in [5.41, 5.74) is 7.48. The first-order chi connectivity index (χ1) is 12.0. The number of benzene rings is 1. The van der Waals surface area contributed by atoms with Gasteiger partial charge in [-0.3, -0.25) is 9.69 Å². The Hall–Kier alpha value is -2.64. The number of hydrogen-bond acceptors (Lipinski definition) is 6. The third kappa shape index (κ3) is 4.46. The molecule has 0 bridgehead atoms. The molecule has 5 N–H and O–H groups in total. The first kappa shape index (κ1) is 17.2. The number of anilines is 1. The molecule has 1 saturated heterocycles. The maximum atomic E-state index is 12.2. The van der Waals surface area contributed by atoms with Crippen LogP contribution in [0.5, 0.6) is 0 Å². The zero-order valence-electron chi connectivity index (χ0n) is 14.4. The number of likely N-dealkylation sites (tertiary alicyclic amines) is 1. The molecule has 7 nitrogen and oxygen atoms in total. The average molecular weight is 340 g/mol. The molecule has 0 saturated carbocycles. The third-order valence-corrected chi connectivity index (χ3v) is 4.23. The number of nitrogens with two attached hydrogens (primary N) is 2. The van der Waals surface area contributed by atoms with Gasteiger partial charge >= 0.3 is 0 Å². The standard InChI is InChI=1S/C18H24N6O/c1-23(20)11-16(19)13-4-5-14-10-21-17(9-15(14)8-13)22-18(25)12-24-6-2-3-7-24/h4-5,8-11H,2-3,6-7,12,19-20H2,1H3,(H,21,22,25)/b16-11-. The Bertz CT molecular complexity index is 795. The van der Waals surface area contributed by atoms with E-state index < -0.39 is 0 Å². The van der Waals surface area contributed by atoms with Crippen LogP contribution >= 0.6 is 0 Å². The maximum absolute atomic E-state index is 12.2. The van der Waals surface area contributed by atoms with Gasteiger partial charge in [-0.25, -0.2) is 10.8 Å². The first-order valence-electron chi connectivity index (χ1n) is 8.38. The Morgan fingerprint density at radius 3 is 2.80 bits per heavy atom. The van der Waals surface area contributed by atoms with Gasteiger partial charge in [0.05, 0.1) is 12.2 Å². The van der Waals surface area contributed by atoms with Crippen molar-refractivity contribution in [3.63, 3.8) is 0 Å². The normalized spacial score (nSPS) is 15.5. The molecule has 2 heterocycles. The first-order valence-corrected chi connectivity index (χ1v) is 8.38. The monoisotopic (exact) mass is 340 g/mol. The molecule has 0 radical (unpaired) electrons. The van der Waals surface area contributed by atoms with Gasteiger partial charge in [-0.1, -0.05) is 12.1 Å². The van der Waals surface area contributed by atoms with Gasteiger partial charge in [0.25, 0.3) is 0 Å². The zero-order valence-corrected chi connectivity index (χ0v) is 14.4. The highest BCUT2D eigenvalue weighted by Crippen LogP contribution is 2.21. The van der Waals surface area contributed by atoms with E-state index in [0.717, 1.165) is 42.3 Å². The molecule has 3 rings (SSSR count). The van der Waals surface area contributed by atoms with Crippen molar-refractivity contribution in [2.45, 2.75) is 12.8 Å². The van der Waals surface area contributed by atoms with E-state index >= 15 is 0 Å². The van der Waals surface area contributed by atoms with E-state index in [1.54, 1.807) is 19.4 Å². The highest BCUT2D eigenvalue weighted by atomic mass is 16.2. The van der Waals surface area contributed by atoms with Crippen LogP contribution < -0.4 is 16.9 Å². The van der Waals surface area contributed by atoms with Crippen LogP contribution in [-0.2, 0) is 4.79 Å². The number of carbonyl (C=O) groups excluding carboxylic acids is 1. The Labute approximate surface area is 147 Å². The smallest absolute Gasteiger partial charge is 0.239 e. The largest absolute Gasteiger partial charge is 0.397 e. The lowest BCUT2D eigenvalue weighted by atomic mass is 10.1. The van der Waals surface area contributed by atoms with E-state index in [1.165, 1.54) is 5.01 Å². The predicted octanol–water partition coefficient (Wildman–Crippen LogP) is 1.33. The topological polar surface area (TPSA) is 101 Å². The van der Waals surface area contributed by atoms with E-state index in [1.807, 2.05) is 24.3 Å². The van der Waals surface area contributed by atoms with Crippen molar-refractivity contribution < 1.29 is 4.79 Å². The number of hydrazine groups is 1. The number of nitrogens with zero attached hydrogens (tertiary/aromatic N) is 3. The van der Waals surface area contributed by atoms with Crippen LogP contribution in [0.25, 0.3) is 16.5 Å². The average Bonchev–Trinajstić information content (AvgIpc) is 3.06. The van der Waals surface area contributed by atoms with Gasteiger partial charge in [0.2, 0.25) is 5.91 Å². The molecule has 1 aromatic heterocycles. The number of aromatic nitrogens is 1. The summed E-state index contributed by atoms with van der Waals surface area (Å²) in [5, 5.41) is 6.23. The Kier molecular flexibility index (Phi) is 5.16. The molecule has 25 heavy (non-hydrogen) atoms. The second kappa shape index (κ2) is 7.50. The third-order valence-electron chi connectivity index (χ3n) is 4.23. The van der Waals surface area contributed by atoms with Gasteiger partial charge in [-0.15, -0.1) is 0 Å². The summed E-state index contributed by atoms with van der Waals surface area (Å²) in [7, 11) is 1.71. The van der Waals surface area contributed by atoms with Gasteiger partial charge in [0.1, 0.15) is 5.82 Å². The minimum absolute atomic E-state index is 0.0333. The fourth-order valence-electron chi connectivity index (χ4n) is 3.01. The molecule has 1 aliphatic rings. The van der Waals surface area contributed by atoms with Crippen molar-refractivity contribution >= 4 is 28.2 Å². The van der Waals surface area contributed by atoms with Crippen molar-refractivity contribution in [1.82, 2.24) is 14.9 Å². The molecule has 1 fully saturated rings. The molecule has 132 valence electrons. The fourth-order valence-corrected chi connectivity index (χ4v) is 3.01. The lowest BCUT2D eigenvalue weighted by Crippen LogP contribution is -2.31. The van der Waals surface area contributed by atoms with Crippen LogP contribution in [0.4, 0.5) is 5.82 Å². The van der Waals surface area contributed by atoms with Crippen LogP contribution in [-0.4, -0.2) is 47.5 Å². The maximum Gasteiger partial charge on any atom is 0.239 e. The number of fused-ring (bicyclic) bond motifs is 1. The number of hydrogen-bond donors (Lipinski definition) is 3. The molecule has 1 amide bonds. The minimum Gasteiger partial charge on any atom is -0.397 e. The summed E-state index contributed by atoms with van der Waals surface area (Å²) in [6, 6.07) is 7.69. The SMILES string of the molecule is CN(N)/C=C(\N)c1ccc2cnc(NC(=O)CN3CCCC3)cc2c1. The van der Waals surface area contributed by atoms with Crippen LogP contribution in [0.15, 0.2) is 36.7 Å². The van der Waals surface area contributed by atoms with Crippen molar-refractivity contribution in [2.75, 3.05) is 32.0 Å². The highest BCUT2D eigenvalue weighted by Gasteiger charge is 2.15. The van der Waals surface area contributed by atoms with Crippen molar-refractivity contribution in [3.05, 3.63) is 42.2 Å². The molecule has 0 aliphatic carbocycles. The molecule has 7 heteroatoms. The lowest BCUT2D eigenvalue weighted by Gasteiger charge is -2.14. The number of rotatable bonds is 5. The Morgan fingerprint density at radius 1 is 1.32 bits per heavy atom. The Balaban J connectivity index is 1.77. The van der Waals surface area contributed by atoms with Gasteiger partial charge in [0, 0.05) is 24.8 Å². The number of nitrogens with one attached hydrogen (secondary N) is 1. The molecule has 2 aromatic rings. The quantitative estimate of drug-likeness (QED) is 0.561.